The zero-order valence-corrected chi connectivity index (χ0v) is 22.6. The van der Waals surface area contributed by atoms with Crippen molar-refractivity contribution in [1.82, 2.24) is 0 Å². The Kier molecular flexibility index (Phi) is 5.11. The number of aromatic nitrogens is 1. The van der Waals surface area contributed by atoms with Gasteiger partial charge in [0.2, 0.25) is 5.69 Å². The number of furan rings is 1. The van der Waals surface area contributed by atoms with Crippen LogP contribution in [-0.2, 0) is 17.9 Å². The van der Waals surface area contributed by atoms with Crippen molar-refractivity contribution in [2.24, 2.45) is 7.05 Å². The molecule has 5 aromatic rings. The second-order valence-electron chi connectivity index (χ2n) is 11.9. The number of rotatable bonds is 2. The lowest BCUT2D eigenvalue weighted by molar-refractivity contribution is -0.660. The van der Waals surface area contributed by atoms with Gasteiger partial charge in [-0.2, -0.15) is 5.26 Å². The van der Waals surface area contributed by atoms with Gasteiger partial charge in [-0.05, 0) is 71.0 Å². The van der Waals surface area contributed by atoms with Gasteiger partial charge in [-0.1, -0.05) is 58.0 Å². The topological polar surface area (TPSA) is 40.8 Å². The van der Waals surface area contributed by atoms with E-state index in [0.29, 0.717) is 5.56 Å². The molecule has 6 rings (SSSR count). The van der Waals surface area contributed by atoms with E-state index < -0.39 is 0 Å². The second-order valence-corrected chi connectivity index (χ2v) is 11.9. The summed E-state index contributed by atoms with van der Waals surface area (Å²) >= 11 is 0. The largest absolute Gasteiger partial charge is 0.454 e. The molecule has 0 unspecified atom stereocenters. The van der Waals surface area contributed by atoms with Gasteiger partial charge in [0.1, 0.15) is 18.2 Å². The number of hydrogen-bond acceptors (Lipinski definition) is 2. The molecule has 0 radical (unpaired) electrons. The van der Waals surface area contributed by atoms with Crippen LogP contribution in [0.15, 0.2) is 71.3 Å². The fraction of sp³-hybridized carbons (Fsp3) is 0.294. The van der Waals surface area contributed by atoms with Crippen molar-refractivity contribution in [3.63, 3.8) is 0 Å². The molecule has 2 heterocycles. The number of aryl methyl sites for hydroxylation is 2. The Morgan fingerprint density at radius 1 is 0.811 bits per heavy atom. The fourth-order valence-electron chi connectivity index (χ4n) is 6.23. The number of fused-ring (bicyclic) bond motifs is 4. The molecular formula is C34H33N2O+. The van der Waals surface area contributed by atoms with Gasteiger partial charge in [-0.15, -0.1) is 0 Å². The van der Waals surface area contributed by atoms with E-state index in [4.69, 9.17) is 4.42 Å². The average molecular weight is 486 g/mol. The van der Waals surface area contributed by atoms with Crippen molar-refractivity contribution in [3.8, 4) is 28.5 Å². The lowest BCUT2D eigenvalue weighted by Crippen LogP contribution is -2.33. The van der Waals surface area contributed by atoms with Crippen LogP contribution < -0.4 is 4.57 Å². The highest BCUT2D eigenvalue weighted by atomic mass is 16.3. The maximum absolute atomic E-state index is 10.2. The minimum Gasteiger partial charge on any atom is -0.454 e. The molecule has 0 amide bonds. The van der Waals surface area contributed by atoms with Crippen molar-refractivity contribution in [2.45, 2.75) is 58.3 Å². The molecular weight excluding hydrogens is 452 g/mol. The van der Waals surface area contributed by atoms with Gasteiger partial charge in [0.25, 0.3) is 0 Å². The summed E-state index contributed by atoms with van der Waals surface area (Å²) in [5.41, 5.74) is 10.6. The molecule has 0 saturated heterocycles. The first kappa shape index (κ1) is 23.5. The fourth-order valence-corrected chi connectivity index (χ4v) is 6.23. The van der Waals surface area contributed by atoms with Gasteiger partial charge in [0.15, 0.2) is 6.20 Å². The highest BCUT2D eigenvalue weighted by Crippen LogP contribution is 2.48. The predicted octanol–water partition coefficient (Wildman–Crippen LogP) is 8.27. The standard InChI is InChI=1S/C34H33N2O/c1-21-10-13-24-25-14-11-23(20-35)30(32(25)37-31(24)29(21)28-9-7-8-18-36(28)6)22-12-15-26-27(19-22)34(4,5)17-16-33(26,2)3/h7-15,18-19H,16-17H2,1-6H3/q+1. The van der Waals surface area contributed by atoms with Crippen molar-refractivity contribution in [1.29, 1.82) is 5.26 Å². The first-order valence-electron chi connectivity index (χ1n) is 13.1. The van der Waals surface area contributed by atoms with Crippen LogP contribution in [0, 0.1) is 18.3 Å². The van der Waals surface area contributed by atoms with E-state index in [-0.39, 0.29) is 10.8 Å². The Bertz CT molecular complexity index is 1760. The van der Waals surface area contributed by atoms with Gasteiger partial charge in [-0.25, -0.2) is 4.57 Å². The molecule has 2 aromatic heterocycles. The predicted molar refractivity (Wildman–Crippen MR) is 151 cm³/mol. The summed E-state index contributed by atoms with van der Waals surface area (Å²) in [4.78, 5) is 0. The van der Waals surface area contributed by atoms with Gasteiger partial charge < -0.3 is 4.42 Å². The molecule has 3 aromatic carbocycles. The Morgan fingerprint density at radius 3 is 2.19 bits per heavy atom. The van der Waals surface area contributed by atoms with Gasteiger partial charge in [-0.3, -0.25) is 0 Å². The zero-order valence-electron chi connectivity index (χ0n) is 22.6. The monoisotopic (exact) mass is 485 g/mol. The minimum atomic E-state index is 0.0851. The Labute approximate surface area is 219 Å². The van der Waals surface area contributed by atoms with Crippen LogP contribution in [-0.4, -0.2) is 0 Å². The minimum absolute atomic E-state index is 0.0851. The molecule has 1 aliphatic rings. The molecule has 0 spiro atoms. The first-order valence-corrected chi connectivity index (χ1v) is 13.1. The summed E-state index contributed by atoms with van der Waals surface area (Å²) in [7, 11) is 2.06. The number of nitriles is 1. The molecule has 3 nitrogen and oxygen atoms in total. The molecule has 184 valence electrons. The van der Waals surface area contributed by atoms with Crippen LogP contribution in [0.3, 0.4) is 0 Å². The molecule has 0 N–H and O–H groups in total. The second kappa shape index (κ2) is 8.05. The van der Waals surface area contributed by atoms with Crippen LogP contribution in [0.4, 0.5) is 0 Å². The molecule has 0 bridgehead atoms. The van der Waals surface area contributed by atoms with E-state index in [0.717, 1.165) is 56.3 Å². The highest BCUT2D eigenvalue weighted by molar-refractivity contribution is 6.14. The number of benzene rings is 3. The van der Waals surface area contributed by atoms with E-state index in [1.54, 1.807) is 0 Å². The summed E-state index contributed by atoms with van der Waals surface area (Å²) in [5, 5.41) is 12.3. The Hall–Kier alpha value is -3.90. The van der Waals surface area contributed by atoms with Crippen molar-refractivity contribution < 1.29 is 8.98 Å². The molecule has 0 saturated carbocycles. The van der Waals surface area contributed by atoms with Crippen LogP contribution in [0.5, 0.6) is 0 Å². The molecule has 0 atom stereocenters. The van der Waals surface area contributed by atoms with Crippen LogP contribution in [0.1, 0.15) is 62.8 Å². The first-order chi connectivity index (χ1) is 17.6. The van der Waals surface area contributed by atoms with E-state index in [9.17, 15) is 5.26 Å². The third-order valence-corrected chi connectivity index (χ3v) is 8.59. The lowest BCUT2D eigenvalue weighted by atomic mass is 9.63. The van der Waals surface area contributed by atoms with E-state index in [1.807, 2.05) is 18.2 Å². The third-order valence-electron chi connectivity index (χ3n) is 8.59. The average Bonchev–Trinajstić information content (AvgIpc) is 3.25. The molecule has 1 aliphatic carbocycles. The van der Waals surface area contributed by atoms with Crippen molar-refractivity contribution in [3.05, 3.63) is 89.1 Å². The molecule has 0 aliphatic heterocycles. The Balaban J connectivity index is 1.68. The van der Waals surface area contributed by atoms with E-state index in [1.165, 1.54) is 17.5 Å². The summed E-state index contributed by atoms with van der Waals surface area (Å²) in [6, 6.07) is 23.8. The zero-order chi connectivity index (χ0) is 26.1. The van der Waals surface area contributed by atoms with E-state index in [2.05, 4.69) is 101 Å². The summed E-state index contributed by atoms with van der Waals surface area (Å²) in [6.07, 6.45) is 4.38. The molecule has 0 fully saturated rings. The van der Waals surface area contributed by atoms with Crippen molar-refractivity contribution >= 4 is 21.9 Å². The summed E-state index contributed by atoms with van der Waals surface area (Å²) < 4.78 is 8.90. The van der Waals surface area contributed by atoms with Crippen LogP contribution >= 0.6 is 0 Å². The highest BCUT2D eigenvalue weighted by Gasteiger charge is 2.37. The van der Waals surface area contributed by atoms with Crippen molar-refractivity contribution in [2.75, 3.05) is 0 Å². The third kappa shape index (κ3) is 3.50. The van der Waals surface area contributed by atoms with Crippen LogP contribution in [0.2, 0.25) is 0 Å². The normalized spacial score (nSPS) is 16.0. The van der Waals surface area contributed by atoms with Crippen LogP contribution in [0.25, 0.3) is 44.3 Å². The Morgan fingerprint density at radius 2 is 1.49 bits per heavy atom. The maximum Gasteiger partial charge on any atom is 0.216 e. The maximum atomic E-state index is 10.2. The molecule has 37 heavy (non-hydrogen) atoms. The van der Waals surface area contributed by atoms with E-state index >= 15 is 0 Å². The van der Waals surface area contributed by atoms with Gasteiger partial charge in [0, 0.05) is 28.5 Å². The molecule has 3 heteroatoms. The lowest BCUT2D eigenvalue weighted by Gasteiger charge is -2.42. The SMILES string of the molecule is Cc1ccc2c(oc3c(-c4ccc5c(c4)C(C)(C)CCC5(C)C)c(C#N)ccc32)c1-c1cccc[n+]1C. The number of hydrogen-bond donors (Lipinski definition) is 0. The summed E-state index contributed by atoms with van der Waals surface area (Å²) in [6.45, 7) is 11.5. The smallest absolute Gasteiger partial charge is 0.216 e. The summed E-state index contributed by atoms with van der Waals surface area (Å²) in [5.74, 6) is 0. The quantitative estimate of drug-likeness (QED) is 0.236. The van der Waals surface area contributed by atoms with Gasteiger partial charge >= 0.3 is 0 Å². The number of pyridine rings is 1. The number of nitrogens with zero attached hydrogens (tertiary/aromatic N) is 2. The van der Waals surface area contributed by atoms with Gasteiger partial charge in [0.05, 0.1) is 17.2 Å².